The molecular weight excluding hydrogens is 342 g/mol. The van der Waals surface area contributed by atoms with Gasteiger partial charge in [-0.2, -0.15) is 5.10 Å². The predicted octanol–water partition coefficient (Wildman–Crippen LogP) is 1.13. The van der Waals surface area contributed by atoms with Crippen molar-refractivity contribution in [1.29, 1.82) is 0 Å². The lowest BCUT2D eigenvalue weighted by Gasteiger charge is -2.07. The number of sulfone groups is 1. The van der Waals surface area contributed by atoms with Crippen LogP contribution in [0.25, 0.3) is 10.8 Å². The summed E-state index contributed by atoms with van der Waals surface area (Å²) in [7, 11) is -3.48. The van der Waals surface area contributed by atoms with Gasteiger partial charge in [0.15, 0.2) is 15.5 Å². The Morgan fingerprint density at radius 2 is 1.64 bits per heavy atom. The molecule has 8 heteroatoms. The van der Waals surface area contributed by atoms with Gasteiger partial charge in [-0.25, -0.2) is 13.5 Å². The highest BCUT2D eigenvalue weighted by molar-refractivity contribution is 7.91. The number of fused-ring (bicyclic) bond motifs is 1. The average molecular weight is 357 g/mol. The molecule has 1 aromatic heterocycles. The molecule has 0 aliphatic heterocycles. The molecule has 0 fully saturated rings. The zero-order valence-electron chi connectivity index (χ0n) is 13.1. The molecule has 0 bridgehead atoms. The fraction of sp³-hybridized carbons (Fsp3) is 0.118. The van der Waals surface area contributed by atoms with E-state index in [2.05, 4.69) is 15.5 Å². The second-order valence-electron chi connectivity index (χ2n) is 5.33. The Kier molecular flexibility index (Phi) is 4.62. The standard InChI is InChI=1S/C17H15N3O4S/c21-16-14-9-5-4-8-13(14)15(19-20-16)17(22)18-10-11-25(23,24)12-6-2-1-3-7-12/h1-9H,10-11H2,(H,18,22)(H,20,21). The third kappa shape index (κ3) is 3.58. The Hall–Kier alpha value is -3.00. The van der Waals surface area contributed by atoms with Crippen molar-refractivity contribution >= 4 is 26.5 Å². The van der Waals surface area contributed by atoms with Crippen LogP contribution in [0.2, 0.25) is 0 Å². The molecular formula is C17H15N3O4S. The first-order valence-corrected chi connectivity index (χ1v) is 9.18. The number of H-pyrrole nitrogens is 1. The second kappa shape index (κ2) is 6.86. The number of hydrogen-bond donors (Lipinski definition) is 2. The maximum Gasteiger partial charge on any atom is 0.272 e. The lowest BCUT2D eigenvalue weighted by atomic mass is 10.1. The van der Waals surface area contributed by atoms with Crippen LogP contribution < -0.4 is 10.9 Å². The summed E-state index contributed by atoms with van der Waals surface area (Å²) in [6.07, 6.45) is 0. The minimum atomic E-state index is -3.48. The number of carbonyl (C=O) groups is 1. The molecule has 7 nitrogen and oxygen atoms in total. The first-order chi connectivity index (χ1) is 12.0. The molecule has 0 atom stereocenters. The fourth-order valence-electron chi connectivity index (χ4n) is 2.42. The topological polar surface area (TPSA) is 109 Å². The Bertz CT molecular complexity index is 1080. The van der Waals surface area contributed by atoms with Crippen LogP contribution in [0.4, 0.5) is 0 Å². The lowest BCUT2D eigenvalue weighted by Crippen LogP contribution is -2.31. The predicted molar refractivity (Wildman–Crippen MR) is 93.2 cm³/mol. The van der Waals surface area contributed by atoms with E-state index in [4.69, 9.17) is 0 Å². The van der Waals surface area contributed by atoms with Crippen molar-refractivity contribution in [3.8, 4) is 0 Å². The van der Waals surface area contributed by atoms with Gasteiger partial charge in [-0.15, -0.1) is 0 Å². The molecule has 0 unspecified atom stereocenters. The van der Waals surface area contributed by atoms with Gasteiger partial charge in [0, 0.05) is 11.9 Å². The Labute approximate surface area is 143 Å². The summed E-state index contributed by atoms with van der Waals surface area (Å²) < 4.78 is 24.4. The zero-order chi connectivity index (χ0) is 17.9. The molecule has 3 aromatic rings. The van der Waals surface area contributed by atoms with Gasteiger partial charge in [0.25, 0.3) is 11.5 Å². The third-order valence-electron chi connectivity index (χ3n) is 3.67. The van der Waals surface area contributed by atoms with E-state index in [1.165, 1.54) is 12.1 Å². The molecule has 0 spiro atoms. The van der Waals surface area contributed by atoms with Gasteiger partial charge in [0.1, 0.15) is 0 Å². The molecule has 1 amide bonds. The van der Waals surface area contributed by atoms with Crippen molar-refractivity contribution in [3.05, 3.63) is 70.6 Å². The first-order valence-electron chi connectivity index (χ1n) is 7.52. The Balaban J connectivity index is 1.74. The SMILES string of the molecule is O=C(NCCS(=O)(=O)c1ccccc1)c1n[nH]c(=O)c2ccccc12. The lowest BCUT2D eigenvalue weighted by molar-refractivity contribution is 0.0952. The van der Waals surface area contributed by atoms with E-state index in [1.54, 1.807) is 42.5 Å². The number of hydrogen-bond acceptors (Lipinski definition) is 5. The normalized spacial score (nSPS) is 11.4. The van der Waals surface area contributed by atoms with Gasteiger partial charge < -0.3 is 5.32 Å². The fourth-order valence-corrected chi connectivity index (χ4v) is 3.59. The van der Waals surface area contributed by atoms with E-state index in [1.807, 2.05) is 0 Å². The number of benzene rings is 2. The van der Waals surface area contributed by atoms with Crippen molar-refractivity contribution in [2.75, 3.05) is 12.3 Å². The van der Waals surface area contributed by atoms with Crippen molar-refractivity contribution in [3.63, 3.8) is 0 Å². The molecule has 3 rings (SSSR count). The first kappa shape index (κ1) is 16.8. The molecule has 0 saturated carbocycles. The molecule has 2 aromatic carbocycles. The van der Waals surface area contributed by atoms with Crippen LogP contribution in [0.3, 0.4) is 0 Å². The zero-order valence-corrected chi connectivity index (χ0v) is 13.9. The average Bonchev–Trinajstić information content (AvgIpc) is 2.63. The summed E-state index contributed by atoms with van der Waals surface area (Å²) >= 11 is 0. The summed E-state index contributed by atoms with van der Waals surface area (Å²) in [5.41, 5.74) is -0.342. The quantitative estimate of drug-likeness (QED) is 0.711. The monoisotopic (exact) mass is 357 g/mol. The molecule has 0 aliphatic carbocycles. The van der Waals surface area contributed by atoms with E-state index in [9.17, 15) is 18.0 Å². The molecule has 0 radical (unpaired) electrons. The van der Waals surface area contributed by atoms with Crippen molar-refractivity contribution in [2.45, 2.75) is 4.90 Å². The Morgan fingerprint density at radius 3 is 2.36 bits per heavy atom. The summed E-state index contributed by atoms with van der Waals surface area (Å²) in [6.45, 7) is -0.0643. The molecule has 0 aliphatic rings. The number of amides is 1. The van der Waals surface area contributed by atoms with E-state index < -0.39 is 15.7 Å². The van der Waals surface area contributed by atoms with Crippen molar-refractivity contribution in [1.82, 2.24) is 15.5 Å². The van der Waals surface area contributed by atoms with Gasteiger partial charge in [-0.3, -0.25) is 9.59 Å². The number of nitrogens with zero attached hydrogens (tertiary/aromatic N) is 1. The van der Waals surface area contributed by atoms with E-state index in [-0.39, 0.29) is 28.4 Å². The maximum atomic E-state index is 12.3. The summed E-state index contributed by atoms with van der Waals surface area (Å²) in [4.78, 5) is 24.2. The Morgan fingerprint density at radius 1 is 1.00 bits per heavy atom. The molecule has 2 N–H and O–H groups in total. The molecule has 128 valence electrons. The largest absolute Gasteiger partial charge is 0.350 e. The third-order valence-corrected chi connectivity index (χ3v) is 5.40. The van der Waals surface area contributed by atoms with Gasteiger partial charge in [-0.05, 0) is 18.2 Å². The number of nitrogens with one attached hydrogen (secondary N) is 2. The number of rotatable bonds is 5. The van der Waals surface area contributed by atoms with Crippen molar-refractivity contribution < 1.29 is 13.2 Å². The minimum Gasteiger partial charge on any atom is -0.350 e. The van der Waals surface area contributed by atoms with Crippen LogP contribution in [-0.4, -0.2) is 36.8 Å². The maximum absolute atomic E-state index is 12.3. The highest BCUT2D eigenvalue weighted by Gasteiger charge is 2.17. The second-order valence-corrected chi connectivity index (χ2v) is 7.44. The molecule has 1 heterocycles. The highest BCUT2D eigenvalue weighted by Crippen LogP contribution is 2.12. The summed E-state index contributed by atoms with van der Waals surface area (Å²) in [5.74, 6) is -0.778. The number of carbonyl (C=O) groups excluding carboxylic acids is 1. The summed E-state index contributed by atoms with van der Waals surface area (Å²) in [6, 6.07) is 14.6. The number of aromatic amines is 1. The van der Waals surface area contributed by atoms with Gasteiger partial charge in [0.05, 0.1) is 16.0 Å². The smallest absolute Gasteiger partial charge is 0.272 e. The van der Waals surface area contributed by atoms with Crippen molar-refractivity contribution in [2.24, 2.45) is 0 Å². The van der Waals surface area contributed by atoms with Crippen LogP contribution in [0.1, 0.15) is 10.5 Å². The molecule has 0 saturated heterocycles. The van der Waals surface area contributed by atoms with E-state index >= 15 is 0 Å². The summed E-state index contributed by atoms with van der Waals surface area (Å²) in [5, 5.41) is 9.34. The van der Waals surface area contributed by atoms with Gasteiger partial charge in [-0.1, -0.05) is 36.4 Å². The van der Waals surface area contributed by atoms with E-state index in [0.717, 1.165) is 0 Å². The van der Waals surface area contributed by atoms with Gasteiger partial charge in [0.2, 0.25) is 0 Å². The van der Waals surface area contributed by atoms with Crippen LogP contribution in [-0.2, 0) is 9.84 Å². The van der Waals surface area contributed by atoms with Crippen LogP contribution in [0.5, 0.6) is 0 Å². The van der Waals surface area contributed by atoms with E-state index in [0.29, 0.717) is 10.8 Å². The van der Waals surface area contributed by atoms with Crippen LogP contribution in [0.15, 0.2) is 64.3 Å². The minimum absolute atomic E-state index is 0.0484. The number of aromatic nitrogens is 2. The van der Waals surface area contributed by atoms with Crippen LogP contribution >= 0.6 is 0 Å². The van der Waals surface area contributed by atoms with Gasteiger partial charge >= 0.3 is 0 Å². The molecule has 25 heavy (non-hydrogen) atoms. The van der Waals surface area contributed by atoms with Crippen LogP contribution in [0, 0.1) is 0 Å². The highest BCUT2D eigenvalue weighted by atomic mass is 32.2.